The van der Waals surface area contributed by atoms with Crippen molar-refractivity contribution in [3.05, 3.63) is 58.6 Å². The van der Waals surface area contributed by atoms with E-state index in [0.717, 1.165) is 21.1 Å². The molecule has 0 spiro atoms. The van der Waals surface area contributed by atoms with Crippen LogP contribution in [0.15, 0.2) is 53.0 Å². The molecule has 5 heteroatoms. The number of aliphatic hydroxyl groups is 1. The van der Waals surface area contributed by atoms with E-state index in [0.29, 0.717) is 6.54 Å². The lowest BCUT2D eigenvalue weighted by molar-refractivity contribution is 0.152. The van der Waals surface area contributed by atoms with Crippen LogP contribution >= 0.6 is 15.9 Å². The van der Waals surface area contributed by atoms with E-state index in [2.05, 4.69) is 26.2 Å². The number of nitrogens with zero attached hydrogens (tertiary/aromatic N) is 3. The maximum absolute atomic E-state index is 10.2. The quantitative estimate of drug-likeness (QED) is 0.808. The van der Waals surface area contributed by atoms with E-state index in [4.69, 9.17) is 0 Å². The van der Waals surface area contributed by atoms with Crippen molar-refractivity contribution >= 4 is 27.0 Å². The van der Waals surface area contributed by atoms with Gasteiger partial charge in [-0.3, -0.25) is 0 Å². The van der Waals surface area contributed by atoms with Gasteiger partial charge >= 0.3 is 0 Å². The van der Waals surface area contributed by atoms with Gasteiger partial charge in [-0.05, 0) is 29.8 Å². The average Bonchev–Trinajstić information content (AvgIpc) is 2.83. The molecule has 0 saturated carbocycles. The van der Waals surface area contributed by atoms with Crippen LogP contribution in [0.2, 0.25) is 0 Å². The second-order valence-corrected chi connectivity index (χ2v) is 5.24. The summed E-state index contributed by atoms with van der Waals surface area (Å²) in [5, 5.41) is 18.4. The van der Waals surface area contributed by atoms with Crippen LogP contribution in [-0.2, 0) is 6.54 Å². The molecule has 0 fully saturated rings. The van der Waals surface area contributed by atoms with Crippen molar-refractivity contribution in [1.29, 1.82) is 0 Å². The molecule has 4 nitrogen and oxygen atoms in total. The standard InChI is InChI=1S/C14H12BrN3O/c15-11-7-5-10(6-8-11)14(19)9-18-13-4-2-1-3-12(13)16-17-18/h1-8,14,19H,9H2. The molecule has 1 unspecified atom stereocenters. The third-order valence-corrected chi connectivity index (χ3v) is 3.55. The fraction of sp³-hybridized carbons (Fsp3) is 0.143. The van der Waals surface area contributed by atoms with E-state index < -0.39 is 6.10 Å². The van der Waals surface area contributed by atoms with Crippen LogP contribution in [-0.4, -0.2) is 20.1 Å². The van der Waals surface area contributed by atoms with Crippen LogP contribution < -0.4 is 0 Å². The Morgan fingerprint density at radius 1 is 1.11 bits per heavy atom. The summed E-state index contributed by atoms with van der Waals surface area (Å²) in [6, 6.07) is 15.3. The average molecular weight is 318 g/mol. The number of hydrogen-bond acceptors (Lipinski definition) is 3. The lowest BCUT2D eigenvalue weighted by atomic mass is 10.1. The van der Waals surface area contributed by atoms with Crippen molar-refractivity contribution in [1.82, 2.24) is 15.0 Å². The van der Waals surface area contributed by atoms with Crippen LogP contribution in [0.25, 0.3) is 11.0 Å². The Bertz CT molecular complexity index is 693. The summed E-state index contributed by atoms with van der Waals surface area (Å²) < 4.78 is 2.72. The van der Waals surface area contributed by atoms with Crippen molar-refractivity contribution in [2.24, 2.45) is 0 Å². The molecule has 0 aliphatic carbocycles. The first-order valence-electron chi connectivity index (χ1n) is 5.96. The molecule has 0 radical (unpaired) electrons. The lowest BCUT2D eigenvalue weighted by Crippen LogP contribution is -2.10. The van der Waals surface area contributed by atoms with E-state index in [9.17, 15) is 5.11 Å². The third kappa shape index (κ3) is 2.52. The molecule has 96 valence electrons. The predicted octanol–water partition coefficient (Wildman–Crippen LogP) is 2.93. The maximum atomic E-state index is 10.2. The van der Waals surface area contributed by atoms with E-state index in [-0.39, 0.29) is 0 Å². The Hall–Kier alpha value is -1.72. The molecule has 2 aromatic carbocycles. The molecular formula is C14H12BrN3O. The summed E-state index contributed by atoms with van der Waals surface area (Å²) in [5.74, 6) is 0. The molecular weight excluding hydrogens is 306 g/mol. The SMILES string of the molecule is OC(Cn1nnc2ccccc21)c1ccc(Br)cc1. The maximum Gasteiger partial charge on any atom is 0.113 e. The second kappa shape index (κ2) is 5.11. The molecule has 3 aromatic rings. The van der Waals surface area contributed by atoms with Gasteiger partial charge in [0.2, 0.25) is 0 Å². The van der Waals surface area contributed by atoms with Crippen molar-refractivity contribution in [2.45, 2.75) is 12.6 Å². The number of rotatable bonds is 3. The van der Waals surface area contributed by atoms with Crippen LogP contribution in [0.4, 0.5) is 0 Å². The number of aliphatic hydroxyl groups excluding tert-OH is 1. The van der Waals surface area contributed by atoms with Crippen LogP contribution in [0.1, 0.15) is 11.7 Å². The number of aromatic nitrogens is 3. The van der Waals surface area contributed by atoms with E-state index >= 15 is 0 Å². The summed E-state index contributed by atoms with van der Waals surface area (Å²) in [7, 11) is 0. The minimum Gasteiger partial charge on any atom is -0.386 e. The van der Waals surface area contributed by atoms with Crippen molar-refractivity contribution in [3.8, 4) is 0 Å². The number of halogens is 1. The molecule has 1 atom stereocenters. The predicted molar refractivity (Wildman–Crippen MR) is 76.6 cm³/mol. The monoisotopic (exact) mass is 317 g/mol. The van der Waals surface area contributed by atoms with Crippen molar-refractivity contribution in [3.63, 3.8) is 0 Å². The Balaban J connectivity index is 1.86. The smallest absolute Gasteiger partial charge is 0.113 e. The van der Waals surface area contributed by atoms with Crippen LogP contribution in [0.3, 0.4) is 0 Å². The zero-order chi connectivity index (χ0) is 13.2. The molecule has 1 heterocycles. The minimum absolute atomic E-state index is 0.391. The molecule has 0 bridgehead atoms. The van der Waals surface area contributed by atoms with E-state index in [1.807, 2.05) is 48.5 Å². The van der Waals surface area contributed by atoms with Gasteiger partial charge in [-0.1, -0.05) is 45.4 Å². The molecule has 1 aromatic heterocycles. The number of fused-ring (bicyclic) bond motifs is 1. The van der Waals surface area contributed by atoms with Crippen molar-refractivity contribution in [2.75, 3.05) is 0 Å². The zero-order valence-corrected chi connectivity index (χ0v) is 11.7. The second-order valence-electron chi connectivity index (χ2n) is 4.33. The summed E-state index contributed by atoms with van der Waals surface area (Å²) in [6.07, 6.45) is -0.599. The largest absolute Gasteiger partial charge is 0.386 e. The molecule has 0 saturated heterocycles. The first-order valence-corrected chi connectivity index (χ1v) is 6.75. The highest BCUT2D eigenvalue weighted by atomic mass is 79.9. The summed E-state index contributed by atoms with van der Waals surface area (Å²) >= 11 is 3.38. The third-order valence-electron chi connectivity index (χ3n) is 3.02. The normalized spacial score (nSPS) is 12.7. The van der Waals surface area contributed by atoms with Gasteiger partial charge in [0, 0.05) is 4.47 Å². The number of benzene rings is 2. The van der Waals surface area contributed by atoms with E-state index in [1.54, 1.807) is 4.68 Å². The molecule has 3 rings (SSSR count). The fourth-order valence-corrected chi connectivity index (χ4v) is 2.27. The van der Waals surface area contributed by atoms with Gasteiger partial charge in [0.25, 0.3) is 0 Å². The van der Waals surface area contributed by atoms with Gasteiger partial charge in [0.05, 0.1) is 18.2 Å². The molecule has 0 aliphatic heterocycles. The van der Waals surface area contributed by atoms with E-state index in [1.165, 1.54) is 0 Å². The van der Waals surface area contributed by atoms with Gasteiger partial charge in [0.15, 0.2) is 0 Å². The van der Waals surface area contributed by atoms with Gasteiger partial charge < -0.3 is 5.11 Å². The van der Waals surface area contributed by atoms with Gasteiger partial charge in [-0.25, -0.2) is 4.68 Å². The Morgan fingerprint density at radius 2 is 1.84 bits per heavy atom. The highest BCUT2D eigenvalue weighted by Crippen LogP contribution is 2.19. The molecule has 19 heavy (non-hydrogen) atoms. The van der Waals surface area contributed by atoms with Gasteiger partial charge in [-0.2, -0.15) is 0 Å². The van der Waals surface area contributed by atoms with Gasteiger partial charge in [-0.15, -0.1) is 5.10 Å². The summed E-state index contributed by atoms with van der Waals surface area (Å²) in [4.78, 5) is 0. The van der Waals surface area contributed by atoms with Crippen LogP contribution in [0.5, 0.6) is 0 Å². The van der Waals surface area contributed by atoms with Crippen molar-refractivity contribution < 1.29 is 5.11 Å². The fourth-order valence-electron chi connectivity index (χ4n) is 2.01. The Labute approximate surface area is 118 Å². The molecule has 0 amide bonds. The zero-order valence-electron chi connectivity index (χ0n) is 10.1. The molecule has 1 N–H and O–H groups in total. The summed E-state index contributed by atoms with van der Waals surface area (Å²) in [6.45, 7) is 0.391. The first-order chi connectivity index (χ1) is 9.24. The Kier molecular flexibility index (Phi) is 3.31. The highest BCUT2D eigenvalue weighted by molar-refractivity contribution is 9.10. The highest BCUT2D eigenvalue weighted by Gasteiger charge is 2.11. The molecule has 0 aliphatic rings. The minimum atomic E-state index is -0.599. The first kappa shape index (κ1) is 12.3. The topological polar surface area (TPSA) is 50.9 Å². The Morgan fingerprint density at radius 3 is 2.63 bits per heavy atom. The lowest BCUT2D eigenvalue weighted by Gasteiger charge is -2.11. The number of para-hydroxylation sites is 1. The van der Waals surface area contributed by atoms with Crippen LogP contribution in [0, 0.1) is 0 Å². The summed E-state index contributed by atoms with van der Waals surface area (Å²) in [5.41, 5.74) is 2.63. The van der Waals surface area contributed by atoms with Gasteiger partial charge in [0.1, 0.15) is 5.52 Å². The number of hydrogen-bond donors (Lipinski definition) is 1.